The van der Waals surface area contributed by atoms with E-state index in [1.165, 1.54) is 22.9 Å². The first-order valence-electron chi connectivity index (χ1n) is 7.87. The maximum Gasteiger partial charge on any atom is 0.180 e. The Bertz CT molecular complexity index is 824. The monoisotopic (exact) mass is 349 g/mol. The average molecular weight is 349 g/mol. The second-order valence-corrected chi connectivity index (χ2v) is 6.43. The van der Waals surface area contributed by atoms with E-state index in [1.807, 2.05) is 41.1 Å². The molecule has 0 aliphatic rings. The molecule has 0 saturated heterocycles. The van der Waals surface area contributed by atoms with Gasteiger partial charge in [-0.3, -0.25) is 0 Å². The molecule has 0 unspecified atom stereocenters. The van der Waals surface area contributed by atoms with E-state index >= 15 is 0 Å². The largest absolute Gasteiger partial charge is 0.377 e. The maximum absolute atomic E-state index is 5.88. The summed E-state index contributed by atoms with van der Waals surface area (Å²) in [5.41, 5.74) is 9.28. The van der Waals surface area contributed by atoms with Crippen molar-refractivity contribution in [2.24, 2.45) is 15.9 Å². The summed E-state index contributed by atoms with van der Waals surface area (Å²) in [7, 11) is 0. The van der Waals surface area contributed by atoms with Crippen LogP contribution in [0.2, 0.25) is 0 Å². The predicted octanol–water partition coefficient (Wildman–Crippen LogP) is 3.51. The van der Waals surface area contributed by atoms with E-state index in [2.05, 4.69) is 39.5 Å². The van der Waals surface area contributed by atoms with E-state index in [0.717, 1.165) is 17.9 Å². The molecule has 2 N–H and O–H groups in total. The summed E-state index contributed by atoms with van der Waals surface area (Å²) in [4.78, 5) is 4.04. The molecule has 0 radical (unpaired) electrons. The van der Waals surface area contributed by atoms with Gasteiger partial charge in [-0.15, -0.1) is 5.10 Å². The number of nitrogens with zero attached hydrogens (tertiary/aromatic N) is 4. The van der Waals surface area contributed by atoms with Gasteiger partial charge in [-0.1, -0.05) is 66.4 Å². The molecule has 1 heterocycles. The van der Waals surface area contributed by atoms with Crippen LogP contribution >= 0.6 is 11.8 Å². The minimum absolute atomic E-state index is 0.455. The lowest BCUT2D eigenvalue weighted by molar-refractivity contribution is 0.797. The molecule has 5 nitrogen and oxygen atoms in total. The number of aromatic nitrogens is 2. The number of rotatable bonds is 6. The lowest BCUT2D eigenvalue weighted by atomic mass is 10.1. The lowest BCUT2D eigenvalue weighted by Gasteiger charge is -2.02. The normalized spacial score (nSPS) is 11.9. The van der Waals surface area contributed by atoms with E-state index in [4.69, 9.17) is 5.73 Å². The van der Waals surface area contributed by atoms with E-state index in [1.54, 1.807) is 18.7 Å². The average Bonchev–Trinajstić information content (AvgIpc) is 3.15. The van der Waals surface area contributed by atoms with Crippen LogP contribution in [0.25, 0.3) is 0 Å². The van der Waals surface area contributed by atoms with E-state index < -0.39 is 0 Å². The highest BCUT2D eigenvalue weighted by Gasteiger charge is 1.97. The van der Waals surface area contributed by atoms with Crippen LogP contribution in [0.4, 0.5) is 0 Å². The fourth-order valence-corrected chi connectivity index (χ4v) is 2.82. The summed E-state index contributed by atoms with van der Waals surface area (Å²) in [5.74, 6) is 0.786. The van der Waals surface area contributed by atoms with Gasteiger partial charge in [0.25, 0.3) is 0 Å². The molecule has 2 aromatic carbocycles. The summed E-state index contributed by atoms with van der Waals surface area (Å²) in [6, 6.07) is 18.3. The number of thioether (sulfide) groups is 1. The van der Waals surface area contributed by atoms with Crippen LogP contribution in [0, 0.1) is 0 Å². The zero-order chi connectivity index (χ0) is 17.3. The molecular weight excluding hydrogens is 330 g/mol. The molecule has 3 aromatic rings. The minimum Gasteiger partial charge on any atom is -0.377 e. The van der Waals surface area contributed by atoms with Gasteiger partial charge < -0.3 is 10.3 Å². The van der Waals surface area contributed by atoms with Crippen LogP contribution in [-0.4, -0.2) is 20.9 Å². The van der Waals surface area contributed by atoms with Gasteiger partial charge in [0.1, 0.15) is 0 Å². The Hall–Kier alpha value is -2.86. The predicted molar refractivity (Wildman–Crippen MR) is 105 cm³/mol. The molecule has 0 aliphatic carbocycles. The molecular formula is C19H19N5S. The molecule has 0 amide bonds. The van der Waals surface area contributed by atoms with Crippen LogP contribution < -0.4 is 5.73 Å². The number of benzene rings is 2. The van der Waals surface area contributed by atoms with Crippen LogP contribution in [0.3, 0.4) is 0 Å². The highest BCUT2D eigenvalue weighted by atomic mass is 32.2. The first-order valence-corrected chi connectivity index (χ1v) is 8.86. The van der Waals surface area contributed by atoms with Gasteiger partial charge in [0, 0.05) is 24.7 Å². The van der Waals surface area contributed by atoms with Crippen molar-refractivity contribution in [3.05, 3.63) is 90.0 Å². The number of imidazole rings is 1. The molecule has 25 heavy (non-hydrogen) atoms. The van der Waals surface area contributed by atoms with Crippen LogP contribution in [-0.2, 0) is 12.3 Å². The van der Waals surface area contributed by atoms with Gasteiger partial charge in [0.05, 0.1) is 12.5 Å². The Labute approximate surface area is 151 Å². The SMILES string of the molecule is NC(=NN=Cc1ccc(Cn2ccnc2)cc1)SCc1ccccc1. The number of amidine groups is 1. The van der Waals surface area contributed by atoms with E-state index in [-0.39, 0.29) is 0 Å². The Kier molecular flexibility index (Phi) is 6.01. The first-order chi connectivity index (χ1) is 12.3. The van der Waals surface area contributed by atoms with E-state index in [0.29, 0.717) is 5.17 Å². The van der Waals surface area contributed by atoms with Crippen molar-refractivity contribution in [3.63, 3.8) is 0 Å². The van der Waals surface area contributed by atoms with Gasteiger partial charge in [0.2, 0.25) is 0 Å². The Balaban J connectivity index is 1.50. The zero-order valence-corrected chi connectivity index (χ0v) is 14.5. The van der Waals surface area contributed by atoms with Crippen molar-refractivity contribution >= 4 is 23.1 Å². The number of nitrogens with two attached hydrogens (primary N) is 1. The van der Waals surface area contributed by atoms with Crippen molar-refractivity contribution < 1.29 is 0 Å². The smallest absolute Gasteiger partial charge is 0.180 e. The molecule has 3 rings (SSSR count). The third kappa shape index (κ3) is 5.61. The standard InChI is InChI=1S/C19H19N5S/c20-19(25-14-18-4-2-1-3-5-18)23-22-12-16-6-8-17(9-7-16)13-24-11-10-21-15-24/h1-12,15H,13-14H2,(H2,20,23). The minimum atomic E-state index is 0.455. The van der Waals surface area contributed by atoms with Crippen molar-refractivity contribution in [2.75, 3.05) is 0 Å². The van der Waals surface area contributed by atoms with Crippen LogP contribution in [0.1, 0.15) is 16.7 Å². The summed E-state index contributed by atoms with van der Waals surface area (Å²) >= 11 is 1.47. The van der Waals surface area contributed by atoms with Crippen LogP contribution in [0.15, 0.2) is 83.5 Å². The molecule has 0 fully saturated rings. The van der Waals surface area contributed by atoms with Crippen molar-refractivity contribution in [3.8, 4) is 0 Å². The van der Waals surface area contributed by atoms with Gasteiger partial charge in [0.15, 0.2) is 5.17 Å². The first kappa shape index (κ1) is 17.0. The molecule has 0 aliphatic heterocycles. The topological polar surface area (TPSA) is 68.6 Å². The second kappa shape index (κ2) is 8.84. The summed E-state index contributed by atoms with van der Waals surface area (Å²) in [6.45, 7) is 0.804. The fourth-order valence-electron chi connectivity index (χ4n) is 2.21. The highest BCUT2D eigenvalue weighted by Crippen LogP contribution is 2.11. The Morgan fingerprint density at radius 3 is 2.60 bits per heavy atom. The zero-order valence-electron chi connectivity index (χ0n) is 13.7. The molecule has 126 valence electrons. The molecule has 0 spiro atoms. The van der Waals surface area contributed by atoms with Crippen molar-refractivity contribution in [1.29, 1.82) is 0 Å². The highest BCUT2D eigenvalue weighted by molar-refractivity contribution is 8.13. The lowest BCUT2D eigenvalue weighted by Crippen LogP contribution is -2.06. The summed E-state index contributed by atoms with van der Waals surface area (Å²) in [5, 5.41) is 8.55. The van der Waals surface area contributed by atoms with Crippen molar-refractivity contribution in [1.82, 2.24) is 9.55 Å². The quantitative estimate of drug-likeness (QED) is 0.421. The third-order valence-corrected chi connectivity index (χ3v) is 4.35. The molecule has 0 bridgehead atoms. The molecule has 0 saturated carbocycles. The van der Waals surface area contributed by atoms with Gasteiger partial charge >= 0.3 is 0 Å². The second-order valence-electron chi connectivity index (χ2n) is 5.43. The summed E-state index contributed by atoms with van der Waals surface area (Å²) < 4.78 is 2.03. The molecule has 0 atom stereocenters. The number of hydrogen-bond acceptors (Lipinski definition) is 4. The maximum atomic E-state index is 5.88. The van der Waals surface area contributed by atoms with Gasteiger partial charge in [-0.25, -0.2) is 4.98 Å². The Morgan fingerprint density at radius 2 is 1.88 bits per heavy atom. The van der Waals surface area contributed by atoms with Gasteiger partial charge in [-0.05, 0) is 16.7 Å². The fraction of sp³-hybridized carbons (Fsp3) is 0.105. The number of hydrogen-bond donors (Lipinski definition) is 1. The van der Waals surface area contributed by atoms with Crippen molar-refractivity contribution in [2.45, 2.75) is 12.3 Å². The van der Waals surface area contributed by atoms with E-state index in [9.17, 15) is 0 Å². The molecule has 6 heteroatoms. The third-order valence-electron chi connectivity index (χ3n) is 3.50. The van der Waals surface area contributed by atoms with Gasteiger partial charge in [-0.2, -0.15) is 5.10 Å². The Morgan fingerprint density at radius 1 is 1.08 bits per heavy atom. The van der Waals surface area contributed by atoms with Crippen LogP contribution in [0.5, 0.6) is 0 Å². The summed E-state index contributed by atoms with van der Waals surface area (Å²) in [6.07, 6.45) is 7.23. The molecule has 1 aromatic heterocycles.